The maximum atomic E-state index is 5.35. The molecule has 0 radical (unpaired) electrons. The van der Waals surface area contributed by atoms with Gasteiger partial charge in [0.05, 0.1) is 13.2 Å². The molecule has 0 spiro atoms. The fraction of sp³-hybridized carbons (Fsp3) is 0.533. The standard InChI is InChI=1S/C15H20N2O2/c1(2-6-17-7-9-18-10-8-17)3-13-4-5-14-15(11-13)19-12-16-14/h4-5,11-12H,1-3,6-10H2. The number of unbranched alkanes of at least 4 members (excludes halogenated alkanes) is 1. The minimum Gasteiger partial charge on any atom is -0.443 e. The van der Waals surface area contributed by atoms with Crippen molar-refractivity contribution in [2.45, 2.75) is 19.3 Å². The highest BCUT2D eigenvalue weighted by atomic mass is 16.5. The number of benzene rings is 1. The molecule has 19 heavy (non-hydrogen) atoms. The van der Waals surface area contributed by atoms with Crippen molar-refractivity contribution >= 4 is 11.1 Å². The molecule has 0 unspecified atom stereocenters. The zero-order chi connectivity index (χ0) is 12.9. The highest BCUT2D eigenvalue weighted by molar-refractivity contribution is 5.72. The molecule has 1 saturated heterocycles. The first-order chi connectivity index (χ1) is 9.42. The third kappa shape index (κ3) is 3.33. The monoisotopic (exact) mass is 260 g/mol. The van der Waals surface area contributed by atoms with Crippen molar-refractivity contribution in [2.24, 2.45) is 0 Å². The summed E-state index contributed by atoms with van der Waals surface area (Å²) in [6.45, 7) is 5.15. The quantitative estimate of drug-likeness (QED) is 0.774. The van der Waals surface area contributed by atoms with Gasteiger partial charge in [-0.05, 0) is 43.5 Å². The van der Waals surface area contributed by atoms with E-state index in [4.69, 9.17) is 9.15 Å². The Morgan fingerprint density at radius 2 is 2.05 bits per heavy atom. The molecule has 0 aliphatic carbocycles. The molecule has 2 aromatic rings. The van der Waals surface area contributed by atoms with Crippen LogP contribution < -0.4 is 0 Å². The van der Waals surface area contributed by atoms with Crippen LogP contribution in [0.3, 0.4) is 0 Å². The average molecular weight is 260 g/mol. The van der Waals surface area contributed by atoms with Crippen molar-refractivity contribution in [1.82, 2.24) is 9.88 Å². The lowest BCUT2D eigenvalue weighted by atomic mass is 10.1. The van der Waals surface area contributed by atoms with Crippen LogP contribution in [0, 0.1) is 0 Å². The number of aromatic nitrogens is 1. The minimum absolute atomic E-state index is 0.891. The largest absolute Gasteiger partial charge is 0.443 e. The van der Waals surface area contributed by atoms with Crippen LogP contribution in [0.1, 0.15) is 18.4 Å². The Balaban J connectivity index is 1.43. The summed E-state index contributed by atoms with van der Waals surface area (Å²) in [7, 11) is 0. The summed E-state index contributed by atoms with van der Waals surface area (Å²) < 4.78 is 10.7. The summed E-state index contributed by atoms with van der Waals surface area (Å²) in [5.41, 5.74) is 3.17. The molecule has 0 amide bonds. The molecule has 4 heteroatoms. The molecular weight excluding hydrogens is 240 g/mol. The molecule has 1 aromatic heterocycles. The second-order valence-electron chi connectivity index (χ2n) is 5.07. The molecule has 0 bridgehead atoms. The Morgan fingerprint density at radius 3 is 2.95 bits per heavy atom. The molecule has 1 aliphatic heterocycles. The summed E-state index contributed by atoms with van der Waals surface area (Å²) in [5, 5.41) is 0. The summed E-state index contributed by atoms with van der Waals surface area (Å²) >= 11 is 0. The van der Waals surface area contributed by atoms with E-state index in [9.17, 15) is 0 Å². The van der Waals surface area contributed by atoms with Crippen LogP contribution in [0.4, 0.5) is 0 Å². The van der Waals surface area contributed by atoms with Crippen molar-refractivity contribution in [3.8, 4) is 0 Å². The van der Waals surface area contributed by atoms with E-state index in [2.05, 4.69) is 22.0 Å². The van der Waals surface area contributed by atoms with E-state index in [1.165, 1.54) is 31.3 Å². The van der Waals surface area contributed by atoms with Crippen molar-refractivity contribution < 1.29 is 9.15 Å². The number of morpholine rings is 1. The van der Waals surface area contributed by atoms with Gasteiger partial charge >= 0.3 is 0 Å². The third-order valence-electron chi connectivity index (χ3n) is 3.69. The van der Waals surface area contributed by atoms with Gasteiger partial charge in [-0.3, -0.25) is 4.90 Å². The van der Waals surface area contributed by atoms with Gasteiger partial charge in [0.25, 0.3) is 0 Å². The normalized spacial score (nSPS) is 17.1. The maximum absolute atomic E-state index is 5.35. The van der Waals surface area contributed by atoms with Gasteiger partial charge in [0.1, 0.15) is 5.52 Å². The highest BCUT2D eigenvalue weighted by Crippen LogP contribution is 2.16. The SMILES string of the molecule is c1nc2ccc(CCCCN3CCOCC3)cc2o1. The van der Waals surface area contributed by atoms with E-state index >= 15 is 0 Å². The van der Waals surface area contributed by atoms with E-state index in [1.807, 2.05) is 6.07 Å². The van der Waals surface area contributed by atoms with Gasteiger partial charge in [-0.25, -0.2) is 4.98 Å². The van der Waals surface area contributed by atoms with E-state index in [0.717, 1.165) is 43.8 Å². The zero-order valence-corrected chi connectivity index (χ0v) is 11.2. The molecule has 0 saturated carbocycles. The van der Waals surface area contributed by atoms with Gasteiger partial charge in [-0.1, -0.05) is 6.07 Å². The van der Waals surface area contributed by atoms with Gasteiger partial charge in [-0.2, -0.15) is 0 Å². The van der Waals surface area contributed by atoms with Crippen molar-refractivity contribution in [3.63, 3.8) is 0 Å². The summed E-state index contributed by atoms with van der Waals surface area (Å²) in [6.07, 6.45) is 5.08. The van der Waals surface area contributed by atoms with Crippen LogP contribution in [0.5, 0.6) is 0 Å². The molecule has 1 aromatic carbocycles. The summed E-state index contributed by atoms with van der Waals surface area (Å²) in [4.78, 5) is 6.62. The molecule has 1 aliphatic rings. The van der Waals surface area contributed by atoms with Gasteiger partial charge in [0.2, 0.25) is 0 Å². The van der Waals surface area contributed by atoms with Gasteiger partial charge in [-0.15, -0.1) is 0 Å². The Morgan fingerprint density at radius 1 is 1.16 bits per heavy atom. The Hall–Kier alpha value is -1.39. The van der Waals surface area contributed by atoms with Crippen molar-refractivity contribution in [1.29, 1.82) is 0 Å². The molecule has 0 N–H and O–H groups in total. The van der Waals surface area contributed by atoms with Crippen LogP contribution in [0.15, 0.2) is 29.0 Å². The van der Waals surface area contributed by atoms with Crippen LogP contribution >= 0.6 is 0 Å². The van der Waals surface area contributed by atoms with Gasteiger partial charge in [0.15, 0.2) is 12.0 Å². The number of fused-ring (bicyclic) bond motifs is 1. The molecule has 2 heterocycles. The molecule has 4 nitrogen and oxygen atoms in total. The van der Waals surface area contributed by atoms with Crippen molar-refractivity contribution in [2.75, 3.05) is 32.8 Å². The Bertz CT molecular complexity index is 518. The fourth-order valence-electron chi connectivity index (χ4n) is 2.54. The number of nitrogens with zero attached hydrogens (tertiary/aromatic N) is 2. The number of aryl methyl sites for hydroxylation is 1. The molecular formula is C15H20N2O2. The first kappa shape index (κ1) is 12.6. The third-order valence-corrected chi connectivity index (χ3v) is 3.69. The number of oxazole rings is 1. The second-order valence-corrected chi connectivity index (χ2v) is 5.07. The smallest absolute Gasteiger partial charge is 0.181 e. The number of hydrogen-bond donors (Lipinski definition) is 0. The first-order valence-electron chi connectivity index (χ1n) is 7.04. The lowest BCUT2D eigenvalue weighted by molar-refractivity contribution is 0.0372. The summed E-state index contributed by atoms with van der Waals surface area (Å²) in [6, 6.07) is 6.30. The van der Waals surface area contributed by atoms with Gasteiger partial charge < -0.3 is 9.15 Å². The highest BCUT2D eigenvalue weighted by Gasteiger charge is 2.09. The predicted molar refractivity (Wildman–Crippen MR) is 74.2 cm³/mol. The maximum Gasteiger partial charge on any atom is 0.181 e. The second kappa shape index (κ2) is 6.17. The molecule has 102 valence electrons. The predicted octanol–water partition coefficient (Wildman–Crippen LogP) is 2.48. The number of hydrogen-bond acceptors (Lipinski definition) is 4. The van der Waals surface area contributed by atoms with Crippen LogP contribution in [0.25, 0.3) is 11.1 Å². The van der Waals surface area contributed by atoms with E-state index in [-0.39, 0.29) is 0 Å². The lowest BCUT2D eigenvalue weighted by Gasteiger charge is -2.26. The lowest BCUT2D eigenvalue weighted by Crippen LogP contribution is -2.36. The van der Waals surface area contributed by atoms with E-state index in [1.54, 1.807) is 0 Å². The fourth-order valence-corrected chi connectivity index (χ4v) is 2.54. The van der Waals surface area contributed by atoms with Crippen LogP contribution in [-0.4, -0.2) is 42.7 Å². The Labute approximate surface area is 113 Å². The van der Waals surface area contributed by atoms with E-state index < -0.39 is 0 Å². The first-order valence-corrected chi connectivity index (χ1v) is 7.04. The number of rotatable bonds is 5. The van der Waals surface area contributed by atoms with Crippen molar-refractivity contribution in [3.05, 3.63) is 30.2 Å². The van der Waals surface area contributed by atoms with Crippen LogP contribution in [0.2, 0.25) is 0 Å². The molecule has 1 fully saturated rings. The number of ether oxygens (including phenoxy) is 1. The zero-order valence-electron chi connectivity index (χ0n) is 11.2. The minimum atomic E-state index is 0.891. The molecule has 3 rings (SSSR count). The Kier molecular flexibility index (Phi) is 4.10. The van der Waals surface area contributed by atoms with E-state index in [0.29, 0.717) is 0 Å². The average Bonchev–Trinajstić information content (AvgIpc) is 2.92. The van der Waals surface area contributed by atoms with Crippen LogP contribution in [-0.2, 0) is 11.2 Å². The summed E-state index contributed by atoms with van der Waals surface area (Å²) in [5.74, 6) is 0. The van der Waals surface area contributed by atoms with Gasteiger partial charge in [0, 0.05) is 13.1 Å². The topological polar surface area (TPSA) is 38.5 Å². The molecule has 0 atom stereocenters.